The Kier molecular flexibility index (Phi) is 5.33. The first-order valence-corrected chi connectivity index (χ1v) is 8.77. The van der Waals surface area contributed by atoms with E-state index in [0.717, 1.165) is 22.0 Å². The van der Waals surface area contributed by atoms with Gasteiger partial charge in [0.05, 0.1) is 11.4 Å². The molecule has 0 saturated carbocycles. The summed E-state index contributed by atoms with van der Waals surface area (Å²) in [4.78, 5) is 20.9. The zero-order valence-electron chi connectivity index (χ0n) is 13.5. The lowest BCUT2D eigenvalue weighted by Crippen LogP contribution is -2.23. The molecule has 0 atom stereocenters. The van der Waals surface area contributed by atoms with Crippen molar-refractivity contribution >= 4 is 17.2 Å². The molecular formula is C19H19N3OS. The van der Waals surface area contributed by atoms with Crippen molar-refractivity contribution in [3.8, 4) is 10.7 Å². The number of nitrogens with zero attached hydrogens (tertiary/aromatic N) is 2. The van der Waals surface area contributed by atoms with Gasteiger partial charge in [0.15, 0.2) is 0 Å². The minimum Gasteiger partial charge on any atom is -0.352 e. The molecule has 1 N–H and O–H groups in total. The highest BCUT2D eigenvalue weighted by molar-refractivity contribution is 7.13. The zero-order valence-corrected chi connectivity index (χ0v) is 14.3. The van der Waals surface area contributed by atoms with Crippen LogP contribution in [0, 0.1) is 6.92 Å². The fraction of sp³-hybridized carbons (Fsp3) is 0.211. The normalized spacial score (nSPS) is 10.5. The number of rotatable bonds is 6. The van der Waals surface area contributed by atoms with Gasteiger partial charge < -0.3 is 5.32 Å². The van der Waals surface area contributed by atoms with Crippen LogP contribution in [0.15, 0.2) is 54.0 Å². The summed E-state index contributed by atoms with van der Waals surface area (Å²) in [6, 6.07) is 13.9. The molecule has 5 heteroatoms. The topological polar surface area (TPSA) is 54.9 Å². The quantitative estimate of drug-likeness (QED) is 0.745. The number of amides is 1. The molecule has 0 spiro atoms. The lowest BCUT2D eigenvalue weighted by Gasteiger charge is -2.07. The number of aryl methyl sites for hydroxylation is 2. The maximum absolute atomic E-state index is 12.0. The number of hydrogen-bond donors (Lipinski definition) is 1. The number of pyridine rings is 1. The SMILES string of the molecule is Cc1ccccc1CNC(=O)CCc1csc(-c2ccccn2)n1. The molecule has 122 valence electrons. The fourth-order valence-corrected chi connectivity index (χ4v) is 3.19. The number of carbonyl (C=O) groups is 1. The van der Waals surface area contributed by atoms with Gasteiger partial charge in [-0.25, -0.2) is 4.98 Å². The molecule has 0 aliphatic carbocycles. The molecule has 24 heavy (non-hydrogen) atoms. The second kappa shape index (κ2) is 7.84. The van der Waals surface area contributed by atoms with Gasteiger partial charge in [-0.1, -0.05) is 30.3 Å². The van der Waals surface area contributed by atoms with Crippen LogP contribution in [0.2, 0.25) is 0 Å². The average Bonchev–Trinajstić information content (AvgIpc) is 3.09. The van der Waals surface area contributed by atoms with Crippen molar-refractivity contribution in [2.75, 3.05) is 0 Å². The van der Waals surface area contributed by atoms with Crippen LogP contribution in [-0.2, 0) is 17.8 Å². The molecule has 2 heterocycles. The van der Waals surface area contributed by atoms with Gasteiger partial charge in [-0.2, -0.15) is 0 Å². The predicted octanol–water partition coefficient (Wildman–Crippen LogP) is 3.76. The Hall–Kier alpha value is -2.53. The molecule has 0 radical (unpaired) electrons. The van der Waals surface area contributed by atoms with Crippen LogP contribution in [0.3, 0.4) is 0 Å². The van der Waals surface area contributed by atoms with E-state index in [0.29, 0.717) is 19.4 Å². The van der Waals surface area contributed by atoms with E-state index in [1.54, 1.807) is 17.5 Å². The standard InChI is InChI=1S/C19H19N3OS/c1-14-6-2-3-7-15(14)12-21-18(23)10-9-16-13-24-19(22-16)17-8-4-5-11-20-17/h2-8,11,13H,9-10,12H2,1H3,(H,21,23). The Morgan fingerprint density at radius 1 is 1.17 bits per heavy atom. The second-order valence-electron chi connectivity index (χ2n) is 5.56. The molecule has 3 rings (SSSR count). The number of carbonyl (C=O) groups excluding carboxylic acids is 1. The average molecular weight is 337 g/mol. The van der Waals surface area contributed by atoms with Crippen molar-refractivity contribution in [1.82, 2.24) is 15.3 Å². The van der Waals surface area contributed by atoms with Gasteiger partial charge in [-0.05, 0) is 36.6 Å². The van der Waals surface area contributed by atoms with Crippen LogP contribution >= 0.6 is 11.3 Å². The number of nitrogens with one attached hydrogen (secondary N) is 1. The highest BCUT2D eigenvalue weighted by atomic mass is 32.1. The van der Waals surface area contributed by atoms with E-state index in [2.05, 4.69) is 28.3 Å². The van der Waals surface area contributed by atoms with Gasteiger partial charge in [0.25, 0.3) is 0 Å². The van der Waals surface area contributed by atoms with Gasteiger partial charge in [0.2, 0.25) is 5.91 Å². The first kappa shape index (κ1) is 16.3. The van der Waals surface area contributed by atoms with E-state index in [1.807, 2.05) is 41.8 Å². The van der Waals surface area contributed by atoms with E-state index in [-0.39, 0.29) is 5.91 Å². The number of thiazole rings is 1. The molecule has 0 aliphatic rings. The zero-order chi connectivity index (χ0) is 16.8. The second-order valence-corrected chi connectivity index (χ2v) is 6.42. The van der Waals surface area contributed by atoms with Gasteiger partial charge in [-0.3, -0.25) is 9.78 Å². The van der Waals surface area contributed by atoms with Crippen LogP contribution in [0.5, 0.6) is 0 Å². The van der Waals surface area contributed by atoms with Gasteiger partial charge >= 0.3 is 0 Å². The molecular weight excluding hydrogens is 318 g/mol. The third-order valence-electron chi connectivity index (χ3n) is 3.78. The molecule has 1 aromatic carbocycles. The molecule has 0 saturated heterocycles. The van der Waals surface area contributed by atoms with E-state index in [9.17, 15) is 4.79 Å². The minimum atomic E-state index is 0.0469. The summed E-state index contributed by atoms with van der Waals surface area (Å²) < 4.78 is 0. The van der Waals surface area contributed by atoms with E-state index >= 15 is 0 Å². The number of hydrogen-bond acceptors (Lipinski definition) is 4. The van der Waals surface area contributed by atoms with Crippen molar-refractivity contribution in [3.05, 3.63) is 70.9 Å². The molecule has 0 unspecified atom stereocenters. The molecule has 1 amide bonds. The summed E-state index contributed by atoms with van der Waals surface area (Å²) in [5, 5.41) is 5.87. The van der Waals surface area contributed by atoms with Crippen LogP contribution in [0.25, 0.3) is 10.7 Å². The smallest absolute Gasteiger partial charge is 0.220 e. The Morgan fingerprint density at radius 3 is 2.79 bits per heavy atom. The third kappa shape index (κ3) is 4.26. The summed E-state index contributed by atoms with van der Waals surface area (Å²) >= 11 is 1.56. The summed E-state index contributed by atoms with van der Waals surface area (Å²) in [5.74, 6) is 0.0469. The van der Waals surface area contributed by atoms with Crippen molar-refractivity contribution in [2.45, 2.75) is 26.3 Å². The highest BCUT2D eigenvalue weighted by Crippen LogP contribution is 2.21. The van der Waals surface area contributed by atoms with Crippen molar-refractivity contribution in [2.24, 2.45) is 0 Å². The van der Waals surface area contributed by atoms with E-state index < -0.39 is 0 Å². The molecule has 3 aromatic rings. The first-order valence-electron chi connectivity index (χ1n) is 7.89. The van der Waals surface area contributed by atoms with Crippen LogP contribution in [-0.4, -0.2) is 15.9 Å². The Bertz CT molecular complexity index is 814. The van der Waals surface area contributed by atoms with Gasteiger partial charge in [-0.15, -0.1) is 11.3 Å². The molecule has 4 nitrogen and oxygen atoms in total. The molecule has 0 bridgehead atoms. The van der Waals surface area contributed by atoms with Crippen LogP contribution in [0.1, 0.15) is 23.2 Å². The maximum atomic E-state index is 12.0. The molecule has 0 fully saturated rings. The summed E-state index contributed by atoms with van der Waals surface area (Å²) in [6.07, 6.45) is 2.84. The fourth-order valence-electron chi connectivity index (χ4n) is 2.36. The lowest BCUT2D eigenvalue weighted by molar-refractivity contribution is -0.121. The number of aromatic nitrogens is 2. The first-order chi connectivity index (χ1) is 11.7. The van der Waals surface area contributed by atoms with E-state index in [4.69, 9.17) is 0 Å². The Labute approximate surface area is 145 Å². The largest absolute Gasteiger partial charge is 0.352 e. The van der Waals surface area contributed by atoms with Crippen molar-refractivity contribution in [3.63, 3.8) is 0 Å². The lowest BCUT2D eigenvalue weighted by atomic mass is 10.1. The van der Waals surface area contributed by atoms with Crippen molar-refractivity contribution in [1.29, 1.82) is 0 Å². The summed E-state index contributed by atoms with van der Waals surface area (Å²) in [5.41, 5.74) is 4.15. The predicted molar refractivity (Wildman–Crippen MR) is 96.7 cm³/mol. The van der Waals surface area contributed by atoms with Crippen LogP contribution in [0.4, 0.5) is 0 Å². The Morgan fingerprint density at radius 2 is 2.00 bits per heavy atom. The summed E-state index contributed by atoms with van der Waals surface area (Å²) in [6.45, 7) is 2.62. The Balaban J connectivity index is 1.50. The van der Waals surface area contributed by atoms with Gasteiger partial charge in [0.1, 0.15) is 5.01 Å². The number of benzene rings is 1. The maximum Gasteiger partial charge on any atom is 0.220 e. The van der Waals surface area contributed by atoms with Crippen molar-refractivity contribution < 1.29 is 4.79 Å². The van der Waals surface area contributed by atoms with Crippen LogP contribution < -0.4 is 5.32 Å². The molecule has 0 aliphatic heterocycles. The monoisotopic (exact) mass is 337 g/mol. The summed E-state index contributed by atoms with van der Waals surface area (Å²) in [7, 11) is 0. The van der Waals surface area contributed by atoms with E-state index in [1.165, 1.54) is 5.56 Å². The molecule has 2 aromatic heterocycles. The highest BCUT2D eigenvalue weighted by Gasteiger charge is 2.08. The third-order valence-corrected chi connectivity index (χ3v) is 4.69. The van der Waals surface area contributed by atoms with Gasteiger partial charge in [0, 0.05) is 24.5 Å². The minimum absolute atomic E-state index is 0.0469.